The Kier molecular flexibility index (Phi) is 3.64. The number of nitrogens with zero attached hydrogens (tertiary/aromatic N) is 2. The molecule has 0 unspecified atom stereocenters. The predicted molar refractivity (Wildman–Crippen MR) is 70.7 cm³/mol. The van der Waals surface area contributed by atoms with E-state index in [1.165, 1.54) is 6.33 Å². The van der Waals surface area contributed by atoms with Crippen LogP contribution in [0.4, 0.5) is 0 Å². The molecule has 0 N–H and O–H groups in total. The van der Waals surface area contributed by atoms with Crippen molar-refractivity contribution in [3.8, 4) is 11.6 Å². The molecule has 0 aliphatic carbocycles. The molecule has 17 heavy (non-hydrogen) atoms. The van der Waals surface area contributed by atoms with Crippen molar-refractivity contribution in [2.24, 2.45) is 0 Å². The zero-order valence-electron chi connectivity index (χ0n) is 9.37. The third-order valence-electron chi connectivity index (χ3n) is 2.24. The highest BCUT2D eigenvalue weighted by molar-refractivity contribution is 9.10. The molecule has 0 amide bonds. The monoisotopic (exact) mass is 312 g/mol. The molecule has 2 rings (SSSR count). The summed E-state index contributed by atoms with van der Waals surface area (Å²) in [5, 5.41) is 0.362. The van der Waals surface area contributed by atoms with E-state index in [9.17, 15) is 0 Å². The van der Waals surface area contributed by atoms with Crippen LogP contribution in [0.2, 0.25) is 5.15 Å². The molecule has 0 saturated carbocycles. The lowest BCUT2D eigenvalue weighted by Crippen LogP contribution is -1.91. The Morgan fingerprint density at radius 2 is 1.76 bits per heavy atom. The van der Waals surface area contributed by atoms with Crippen molar-refractivity contribution in [1.29, 1.82) is 0 Å². The quantitative estimate of drug-likeness (QED) is 0.775. The largest absolute Gasteiger partial charge is 0.439 e. The fourth-order valence-corrected chi connectivity index (χ4v) is 1.82. The number of ether oxygens (including phenoxy) is 1. The minimum atomic E-state index is 0.362. The molecule has 0 saturated heterocycles. The normalized spacial score (nSPS) is 10.4. The summed E-state index contributed by atoms with van der Waals surface area (Å²) in [6, 6.07) is 5.45. The van der Waals surface area contributed by atoms with E-state index >= 15 is 0 Å². The second-order valence-corrected chi connectivity index (χ2v) is 4.83. The van der Waals surface area contributed by atoms with Gasteiger partial charge in [0.05, 0.1) is 0 Å². The van der Waals surface area contributed by atoms with E-state index < -0.39 is 0 Å². The van der Waals surface area contributed by atoms with E-state index in [2.05, 4.69) is 25.9 Å². The summed E-state index contributed by atoms with van der Waals surface area (Å²) in [6.45, 7) is 4.02. The van der Waals surface area contributed by atoms with Crippen LogP contribution in [-0.2, 0) is 0 Å². The Balaban J connectivity index is 2.31. The van der Waals surface area contributed by atoms with Crippen molar-refractivity contribution < 1.29 is 4.74 Å². The van der Waals surface area contributed by atoms with E-state index in [1.807, 2.05) is 26.0 Å². The molecule has 0 aliphatic heterocycles. The van der Waals surface area contributed by atoms with Gasteiger partial charge < -0.3 is 4.74 Å². The van der Waals surface area contributed by atoms with Gasteiger partial charge in [-0.3, -0.25) is 0 Å². The fourth-order valence-electron chi connectivity index (χ4n) is 1.46. The molecule has 2 aromatic rings. The van der Waals surface area contributed by atoms with Crippen LogP contribution in [0.25, 0.3) is 0 Å². The molecule has 1 aromatic carbocycles. The lowest BCUT2D eigenvalue weighted by atomic mass is 10.1. The van der Waals surface area contributed by atoms with Gasteiger partial charge in [-0.05, 0) is 37.1 Å². The zero-order valence-corrected chi connectivity index (χ0v) is 11.7. The smallest absolute Gasteiger partial charge is 0.223 e. The van der Waals surface area contributed by atoms with Crippen molar-refractivity contribution in [2.45, 2.75) is 13.8 Å². The van der Waals surface area contributed by atoms with Crippen LogP contribution in [-0.4, -0.2) is 9.97 Å². The first-order chi connectivity index (χ1) is 8.06. The number of halogens is 2. The lowest BCUT2D eigenvalue weighted by molar-refractivity contribution is 0.460. The molecule has 0 aliphatic rings. The van der Waals surface area contributed by atoms with E-state index in [-0.39, 0.29) is 0 Å². The van der Waals surface area contributed by atoms with Crippen LogP contribution < -0.4 is 4.74 Å². The fraction of sp³-hybridized carbons (Fsp3) is 0.167. The van der Waals surface area contributed by atoms with Crippen molar-refractivity contribution in [2.75, 3.05) is 0 Å². The Bertz CT molecular complexity index is 537. The molecule has 3 nitrogen and oxygen atoms in total. The highest BCUT2D eigenvalue weighted by Gasteiger charge is 2.05. The number of aryl methyl sites for hydroxylation is 2. The number of hydrogen-bond acceptors (Lipinski definition) is 3. The van der Waals surface area contributed by atoms with Gasteiger partial charge in [0.2, 0.25) is 5.88 Å². The lowest BCUT2D eigenvalue weighted by Gasteiger charge is -2.08. The van der Waals surface area contributed by atoms with Crippen LogP contribution in [0.5, 0.6) is 11.6 Å². The van der Waals surface area contributed by atoms with Crippen LogP contribution in [0.3, 0.4) is 0 Å². The van der Waals surface area contributed by atoms with Crippen molar-refractivity contribution in [1.82, 2.24) is 9.97 Å². The summed E-state index contributed by atoms with van der Waals surface area (Å²) in [7, 11) is 0. The summed E-state index contributed by atoms with van der Waals surface area (Å²) in [5.74, 6) is 1.17. The summed E-state index contributed by atoms with van der Waals surface area (Å²) < 4.78 is 6.71. The average Bonchev–Trinajstić information content (AvgIpc) is 2.26. The topological polar surface area (TPSA) is 35.0 Å². The van der Waals surface area contributed by atoms with Crippen molar-refractivity contribution in [3.05, 3.63) is 45.3 Å². The van der Waals surface area contributed by atoms with Crippen molar-refractivity contribution in [3.63, 3.8) is 0 Å². The molecule has 0 spiro atoms. The van der Waals surface area contributed by atoms with Crippen LogP contribution in [0.15, 0.2) is 29.0 Å². The third kappa shape index (κ3) is 2.96. The van der Waals surface area contributed by atoms with Crippen LogP contribution in [0, 0.1) is 13.8 Å². The molecule has 0 atom stereocenters. The number of rotatable bonds is 2. The van der Waals surface area contributed by atoms with Gasteiger partial charge in [-0.2, -0.15) is 0 Å². The van der Waals surface area contributed by atoms with Crippen LogP contribution in [0.1, 0.15) is 11.1 Å². The number of aromatic nitrogens is 2. The number of hydrogen-bond donors (Lipinski definition) is 0. The van der Waals surface area contributed by atoms with Gasteiger partial charge in [-0.25, -0.2) is 9.97 Å². The SMILES string of the molecule is Cc1cc(Oc2cc(Cl)ncn2)cc(C)c1Br. The summed E-state index contributed by atoms with van der Waals surface area (Å²) in [6.07, 6.45) is 1.37. The Labute approximate surface area is 113 Å². The van der Waals surface area contributed by atoms with Crippen LogP contribution >= 0.6 is 27.5 Å². The first-order valence-corrected chi connectivity index (χ1v) is 6.15. The summed E-state index contributed by atoms with van der Waals surface area (Å²) >= 11 is 9.27. The maximum atomic E-state index is 5.76. The second kappa shape index (κ2) is 5.02. The van der Waals surface area contributed by atoms with Gasteiger partial charge in [-0.1, -0.05) is 27.5 Å². The zero-order chi connectivity index (χ0) is 12.4. The Morgan fingerprint density at radius 1 is 1.12 bits per heavy atom. The van der Waals surface area contributed by atoms with Gasteiger partial charge in [0, 0.05) is 10.5 Å². The highest BCUT2D eigenvalue weighted by Crippen LogP contribution is 2.29. The third-order valence-corrected chi connectivity index (χ3v) is 3.70. The molecular formula is C12H10BrClN2O. The minimum absolute atomic E-state index is 0.362. The molecule has 1 heterocycles. The standard InChI is InChI=1S/C12H10BrClN2O/c1-7-3-9(4-8(2)12(7)13)17-11-5-10(14)15-6-16-11/h3-6H,1-2H3. The maximum absolute atomic E-state index is 5.76. The van der Waals surface area contributed by atoms with E-state index in [1.54, 1.807) is 6.07 Å². The van der Waals surface area contributed by atoms with E-state index in [4.69, 9.17) is 16.3 Å². The average molecular weight is 314 g/mol. The molecular weight excluding hydrogens is 304 g/mol. The number of benzene rings is 1. The predicted octanol–water partition coefficient (Wildman–Crippen LogP) is 4.30. The van der Waals surface area contributed by atoms with Gasteiger partial charge in [0.25, 0.3) is 0 Å². The first kappa shape index (κ1) is 12.3. The highest BCUT2D eigenvalue weighted by atomic mass is 79.9. The van der Waals surface area contributed by atoms with E-state index in [0.29, 0.717) is 11.0 Å². The Hall–Kier alpha value is -1.13. The second-order valence-electron chi connectivity index (χ2n) is 3.65. The van der Waals surface area contributed by atoms with Gasteiger partial charge in [0.15, 0.2) is 0 Å². The Morgan fingerprint density at radius 3 is 2.35 bits per heavy atom. The molecule has 0 fully saturated rings. The van der Waals surface area contributed by atoms with Gasteiger partial charge in [0.1, 0.15) is 17.2 Å². The van der Waals surface area contributed by atoms with E-state index in [0.717, 1.165) is 21.3 Å². The molecule has 88 valence electrons. The maximum Gasteiger partial charge on any atom is 0.223 e. The molecule has 1 aromatic heterocycles. The van der Waals surface area contributed by atoms with Crippen molar-refractivity contribution >= 4 is 27.5 Å². The van der Waals surface area contributed by atoms with Gasteiger partial charge in [-0.15, -0.1) is 0 Å². The molecule has 0 radical (unpaired) electrons. The van der Waals surface area contributed by atoms with Gasteiger partial charge >= 0.3 is 0 Å². The molecule has 0 bridgehead atoms. The summed E-state index contributed by atoms with van der Waals surface area (Å²) in [5.41, 5.74) is 2.22. The minimum Gasteiger partial charge on any atom is -0.439 e. The molecule has 5 heteroatoms. The first-order valence-electron chi connectivity index (χ1n) is 4.98. The summed E-state index contributed by atoms with van der Waals surface area (Å²) in [4.78, 5) is 7.78.